The highest BCUT2D eigenvalue weighted by atomic mass is 19.4. The molecule has 88 valence electrons. The molecule has 1 aliphatic rings. The molecule has 1 aromatic rings. The number of anilines is 1. The van der Waals surface area contributed by atoms with Gasteiger partial charge >= 0.3 is 6.18 Å². The maximum absolute atomic E-state index is 12.4. The van der Waals surface area contributed by atoms with E-state index in [4.69, 9.17) is 15.2 Å². The molecular weight excluding hydrogens is 225 g/mol. The number of aromatic nitrogens is 1. The van der Waals surface area contributed by atoms with Crippen molar-refractivity contribution in [2.75, 3.05) is 18.9 Å². The highest BCUT2D eigenvalue weighted by Crippen LogP contribution is 2.32. The Morgan fingerprint density at radius 3 is 2.56 bits per heavy atom. The summed E-state index contributed by atoms with van der Waals surface area (Å²) in [5, 5.41) is 0. The molecule has 7 heteroatoms. The second-order valence-corrected chi connectivity index (χ2v) is 3.39. The van der Waals surface area contributed by atoms with Crippen molar-refractivity contribution in [1.82, 2.24) is 4.98 Å². The standard InChI is InChI=1S/C9H9F3N2O2/c10-9(11,12)5-1-7(13)14-8(2-5)16-6-3-15-4-6/h1-2,6H,3-4H2,(H2,13,14). The zero-order chi connectivity index (χ0) is 11.8. The largest absolute Gasteiger partial charge is 0.469 e. The minimum Gasteiger partial charge on any atom is -0.469 e. The number of rotatable bonds is 2. The number of nitrogens with zero attached hydrogens (tertiary/aromatic N) is 1. The fourth-order valence-electron chi connectivity index (χ4n) is 1.20. The zero-order valence-corrected chi connectivity index (χ0v) is 8.12. The Balaban J connectivity index is 2.21. The molecule has 1 fully saturated rings. The van der Waals surface area contributed by atoms with E-state index in [1.807, 2.05) is 0 Å². The van der Waals surface area contributed by atoms with Gasteiger partial charge in [0, 0.05) is 6.07 Å². The van der Waals surface area contributed by atoms with Crippen LogP contribution in [0.15, 0.2) is 12.1 Å². The van der Waals surface area contributed by atoms with E-state index >= 15 is 0 Å². The maximum Gasteiger partial charge on any atom is 0.416 e. The van der Waals surface area contributed by atoms with E-state index in [0.29, 0.717) is 13.2 Å². The predicted molar refractivity (Wildman–Crippen MR) is 48.9 cm³/mol. The third-order valence-corrected chi connectivity index (χ3v) is 2.04. The van der Waals surface area contributed by atoms with Gasteiger partial charge in [-0.1, -0.05) is 0 Å². The molecular formula is C9H9F3N2O2. The predicted octanol–water partition coefficient (Wildman–Crippen LogP) is 1.46. The van der Waals surface area contributed by atoms with Crippen LogP contribution in [0.2, 0.25) is 0 Å². The Hall–Kier alpha value is -1.50. The van der Waals surface area contributed by atoms with Crippen molar-refractivity contribution in [2.24, 2.45) is 0 Å². The van der Waals surface area contributed by atoms with Crippen LogP contribution in [0, 0.1) is 0 Å². The number of hydrogen-bond acceptors (Lipinski definition) is 4. The lowest BCUT2D eigenvalue weighted by Gasteiger charge is -2.26. The number of pyridine rings is 1. The molecule has 0 bridgehead atoms. The summed E-state index contributed by atoms with van der Waals surface area (Å²) >= 11 is 0. The lowest BCUT2D eigenvalue weighted by molar-refractivity contribution is -0.138. The second kappa shape index (κ2) is 3.82. The van der Waals surface area contributed by atoms with Crippen LogP contribution in [0.5, 0.6) is 5.88 Å². The van der Waals surface area contributed by atoms with Crippen molar-refractivity contribution < 1.29 is 22.6 Å². The number of halogens is 3. The van der Waals surface area contributed by atoms with E-state index in [1.54, 1.807) is 0 Å². The molecule has 2 heterocycles. The lowest BCUT2D eigenvalue weighted by Crippen LogP contribution is -2.38. The SMILES string of the molecule is Nc1cc(C(F)(F)F)cc(OC2COC2)n1. The highest BCUT2D eigenvalue weighted by molar-refractivity contribution is 5.38. The van der Waals surface area contributed by atoms with Gasteiger partial charge in [-0.2, -0.15) is 18.2 Å². The molecule has 0 radical (unpaired) electrons. The second-order valence-electron chi connectivity index (χ2n) is 3.39. The summed E-state index contributed by atoms with van der Waals surface area (Å²) in [4.78, 5) is 3.67. The number of nitrogens with two attached hydrogens (primary N) is 1. The molecule has 0 unspecified atom stereocenters. The van der Waals surface area contributed by atoms with E-state index in [-0.39, 0.29) is 17.8 Å². The summed E-state index contributed by atoms with van der Waals surface area (Å²) in [6.45, 7) is 0.718. The van der Waals surface area contributed by atoms with Gasteiger partial charge in [0.1, 0.15) is 11.9 Å². The first-order valence-corrected chi connectivity index (χ1v) is 4.54. The van der Waals surface area contributed by atoms with Gasteiger partial charge in [-0.25, -0.2) is 0 Å². The fourth-order valence-corrected chi connectivity index (χ4v) is 1.20. The Bertz CT molecular complexity index is 391. The Labute approximate surface area is 89.2 Å². The first kappa shape index (κ1) is 11.0. The zero-order valence-electron chi connectivity index (χ0n) is 8.12. The highest BCUT2D eigenvalue weighted by Gasteiger charge is 2.32. The van der Waals surface area contributed by atoms with E-state index < -0.39 is 11.7 Å². The van der Waals surface area contributed by atoms with Crippen molar-refractivity contribution >= 4 is 5.82 Å². The maximum atomic E-state index is 12.4. The fraction of sp³-hybridized carbons (Fsp3) is 0.444. The average molecular weight is 234 g/mol. The van der Waals surface area contributed by atoms with Gasteiger partial charge in [0.25, 0.3) is 0 Å². The van der Waals surface area contributed by atoms with Crippen molar-refractivity contribution in [1.29, 1.82) is 0 Å². The van der Waals surface area contributed by atoms with Gasteiger partial charge in [0.15, 0.2) is 0 Å². The molecule has 0 saturated carbocycles. The van der Waals surface area contributed by atoms with Crippen LogP contribution in [-0.4, -0.2) is 24.3 Å². The average Bonchev–Trinajstić information content (AvgIpc) is 2.09. The van der Waals surface area contributed by atoms with Crippen LogP contribution < -0.4 is 10.5 Å². The summed E-state index contributed by atoms with van der Waals surface area (Å²) in [6, 6.07) is 1.60. The Kier molecular flexibility index (Phi) is 2.63. The van der Waals surface area contributed by atoms with Gasteiger partial charge in [-0.3, -0.25) is 0 Å². The molecule has 0 amide bonds. The van der Waals surface area contributed by atoms with E-state index in [1.165, 1.54) is 0 Å². The molecule has 2 rings (SSSR count). The Morgan fingerprint density at radius 2 is 2.06 bits per heavy atom. The van der Waals surface area contributed by atoms with E-state index in [0.717, 1.165) is 12.1 Å². The van der Waals surface area contributed by atoms with Crippen molar-refractivity contribution in [2.45, 2.75) is 12.3 Å². The minimum atomic E-state index is -4.45. The molecule has 0 spiro atoms. The van der Waals surface area contributed by atoms with Crippen LogP contribution >= 0.6 is 0 Å². The summed E-state index contributed by atoms with van der Waals surface area (Å²) in [7, 11) is 0. The third-order valence-electron chi connectivity index (χ3n) is 2.04. The topological polar surface area (TPSA) is 57.4 Å². The molecule has 0 aliphatic carbocycles. The number of ether oxygens (including phenoxy) is 2. The third kappa shape index (κ3) is 2.35. The van der Waals surface area contributed by atoms with Gasteiger partial charge in [-0.05, 0) is 6.07 Å². The minimum absolute atomic E-state index is 0.124. The molecule has 0 atom stereocenters. The quantitative estimate of drug-likeness (QED) is 0.841. The number of nitrogen functional groups attached to an aromatic ring is 1. The smallest absolute Gasteiger partial charge is 0.416 e. The molecule has 0 aromatic carbocycles. The lowest BCUT2D eigenvalue weighted by atomic mass is 10.2. The van der Waals surface area contributed by atoms with Crippen molar-refractivity contribution in [3.63, 3.8) is 0 Å². The summed E-state index contributed by atoms with van der Waals surface area (Å²) < 4.78 is 47.2. The number of hydrogen-bond donors (Lipinski definition) is 1. The van der Waals surface area contributed by atoms with Crippen molar-refractivity contribution in [3.8, 4) is 5.88 Å². The van der Waals surface area contributed by atoms with Crippen LogP contribution in [0.4, 0.5) is 19.0 Å². The van der Waals surface area contributed by atoms with Crippen LogP contribution in [0.1, 0.15) is 5.56 Å². The summed E-state index contributed by atoms with van der Waals surface area (Å²) in [6.07, 6.45) is -4.69. The Morgan fingerprint density at radius 1 is 1.38 bits per heavy atom. The van der Waals surface area contributed by atoms with E-state index in [2.05, 4.69) is 4.98 Å². The summed E-state index contributed by atoms with van der Waals surface area (Å²) in [5.41, 5.74) is 4.40. The van der Waals surface area contributed by atoms with Crippen molar-refractivity contribution in [3.05, 3.63) is 17.7 Å². The van der Waals surface area contributed by atoms with Crippen LogP contribution in [0.25, 0.3) is 0 Å². The van der Waals surface area contributed by atoms with Crippen LogP contribution in [0.3, 0.4) is 0 Å². The summed E-state index contributed by atoms with van der Waals surface area (Å²) in [5.74, 6) is -0.342. The molecule has 1 aromatic heterocycles. The first-order chi connectivity index (χ1) is 7.45. The van der Waals surface area contributed by atoms with Gasteiger partial charge in [0.2, 0.25) is 5.88 Å². The van der Waals surface area contributed by atoms with Gasteiger partial charge in [0.05, 0.1) is 18.8 Å². The molecule has 16 heavy (non-hydrogen) atoms. The molecule has 4 nitrogen and oxygen atoms in total. The molecule has 1 aliphatic heterocycles. The van der Waals surface area contributed by atoms with Crippen LogP contribution in [-0.2, 0) is 10.9 Å². The van der Waals surface area contributed by atoms with E-state index in [9.17, 15) is 13.2 Å². The van der Waals surface area contributed by atoms with Gasteiger partial charge in [-0.15, -0.1) is 0 Å². The van der Waals surface area contributed by atoms with Gasteiger partial charge < -0.3 is 15.2 Å². The molecule has 1 saturated heterocycles. The normalized spacial score (nSPS) is 16.9. The molecule has 2 N–H and O–H groups in total. The monoisotopic (exact) mass is 234 g/mol. The first-order valence-electron chi connectivity index (χ1n) is 4.54. The number of alkyl halides is 3.